The zero-order valence-corrected chi connectivity index (χ0v) is 20.1. The van der Waals surface area contributed by atoms with Gasteiger partial charge in [-0.05, 0) is 54.5 Å². The molecule has 0 atom stereocenters. The predicted octanol–water partition coefficient (Wildman–Crippen LogP) is 5.34. The molecule has 0 aromatic heterocycles. The normalized spacial score (nSPS) is 19.4. The van der Waals surface area contributed by atoms with E-state index in [1.54, 1.807) is 4.90 Å². The summed E-state index contributed by atoms with van der Waals surface area (Å²) in [4.78, 5) is 31.5. The average Bonchev–Trinajstić information content (AvgIpc) is 3.02. The van der Waals surface area contributed by atoms with E-state index in [1.807, 2.05) is 30.3 Å². The Balaban J connectivity index is 1.52. The van der Waals surface area contributed by atoms with E-state index in [1.165, 1.54) is 24.0 Å². The van der Waals surface area contributed by atoms with Crippen LogP contribution >= 0.6 is 0 Å². The highest BCUT2D eigenvalue weighted by Gasteiger charge is 2.45. The van der Waals surface area contributed by atoms with Crippen molar-refractivity contribution in [3.05, 3.63) is 70.9 Å². The van der Waals surface area contributed by atoms with Gasteiger partial charge in [0.1, 0.15) is 11.4 Å². The Morgan fingerprint density at radius 3 is 2.29 bits per heavy atom. The molecule has 2 aliphatic heterocycles. The number of hydrogen-bond donors (Lipinski definition) is 0. The number of rotatable bonds is 6. The number of hydrogen-bond acceptors (Lipinski definition) is 4. The van der Waals surface area contributed by atoms with Crippen molar-refractivity contribution in [2.24, 2.45) is 0 Å². The molecule has 1 fully saturated rings. The molecule has 178 valence electrons. The Bertz CT molecular complexity index is 1080. The molecule has 3 aliphatic rings. The maximum absolute atomic E-state index is 13.9. The minimum atomic E-state index is -0.131. The second-order valence-electron chi connectivity index (χ2n) is 9.66. The molecule has 5 heteroatoms. The van der Waals surface area contributed by atoms with Crippen molar-refractivity contribution < 1.29 is 14.3 Å². The van der Waals surface area contributed by atoms with E-state index in [4.69, 9.17) is 4.74 Å². The number of imide groups is 1. The maximum atomic E-state index is 13.9. The van der Waals surface area contributed by atoms with E-state index in [2.05, 4.69) is 30.0 Å². The van der Waals surface area contributed by atoms with Gasteiger partial charge in [-0.25, -0.2) is 0 Å². The van der Waals surface area contributed by atoms with Crippen LogP contribution in [0.2, 0.25) is 0 Å². The van der Waals surface area contributed by atoms with Crippen LogP contribution in [0.5, 0.6) is 5.75 Å². The number of benzene rings is 2. The van der Waals surface area contributed by atoms with Crippen LogP contribution in [0.15, 0.2) is 54.2 Å². The van der Waals surface area contributed by atoms with Gasteiger partial charge in [-0.2, -0.15) is 0 Å². The first-order chi connectivity index (χ1) is 16.7. The quantitative estimate of drug-likeness (QED) is 0.433. The van der Waals surface area contributed by atoms with Gasteiger partial charge in [0.25, 0.3) is 11.8 Å². The van der Waals surface area contributed by atoms with Crippen LogP contribution in [-0.4, -0.2) is 40.8 Å². The van der Waals surface area contributed by atoms with E-state index in [0.717, 1.165) is 56.4 Å². The first-order valence-electron chi connectivity index (χ1n) is 12.8. The fourth-order valence-corrected chi connectivity index (χ4v) is 5.56. The molecule has 0 radical (unpaired) electrons. The molecule has 2 amide bonds. The topological polar surface area (TPSA) is 49.9 Å². The van der Waals surface area contributed by atoms with E-state index < -0.39 is 0 Å². The first kappa shape index (κ1) is 22.7. The molecule has 0 unspecified atom stereocenters. The van der Waals surface area contributed by atoms with E-state index >= 15 is 0 Å². The van der Waals surface area contributed by atoms with Crippen LogP contribution < -0.4 is 4.74 Å². The Hall–Kier alpha value is -3.08. The Kier molecular flexibility index (Phi) is 6.70. The predicted molar refractivity (Wildman–Crippen MR) is 133 cm³/mol. The molecular weight excluding hydrogens is 424 g/mol. The van der Waals surface area contributed by atoms with Crippen LogP contribution in [0, 0.1) is 0 Å². The van der Waals surface area contributed by atoms with Gasteiger partial charge in [0, 0.05) is 19.1 Å². The summed E-state index contributed by atoms with van der Waals surface area (Å²) in [5, 5.41) is 0. The van der Waals surface area contributed by atoms with Gasteiger partial charge in [0.15, 0.2) is 0 Å². The lowest BCUT2D eigenvalue weighted by Gasteiger charge is -2.32. The molecule has 2 aromatic rings. The van der Waals surface area contributed by atoms with Crippen LogP contribution in [0.4, 0.5) is 0 Å². The zero-order chi connectivity index (χ0) is 23.5. The van der Waals surface area contributed by atoms with Crippen LogP contribution in [0.25, 0.3) is 5.57 Å². The van der Waals surface area contributed by atoms with Gasteiger partial charge in [0.05, 0.1) is 12.2 Å². The third kappa shape index (κ3) is 4.36. The van der Waals surface area contributed by atoms with Crippen LogP contribution in [0.1, 0.15) is 68.6 Å². The summed E-state index contributed by atoms with van der Waals surface area (Å²) in [7, 11) is 0. The number of carbonyl (C=O) groups excluding carboxylic acids is 2. The number of ether oxygens (including phenoxy) is 1. The highest BCUT2D eigenvalue weighted by Crippen LogP contribution is 2.38. The Morgan fingerprint density at radius 1 is 0.882 bits per heavy atom. The molecule has 34 heavy (non-hydrogen) atoms. The molecule has 0 N–H and O–H groups in total. The molecule has 0 saturated heterocycles. The average molecular weight is 459 g/mol. The molecule has 2 aromatic carbocycles. The number of fused-ring (bicyclic) bond motifs is 1. The van der Waals surface area contributed by atoms with Gasteiger partial charge in [-0.15, -0.1) is 0 Å². The minimum Gasteiger partial charge on any atom is -0.494 e. The molecule has 1 aliphatic carbocycles. The van der Waals surface area contributed by atoms with Crippen molar-refractivity contribution in [3.63, 3.8) is 0 Å². The Morgan fingerprint density at radius 2 is 1.59 bits per heavy atom. The zero-order valence-electron chi connectivity index (χ0n) is 20.1. The third-order valence-electron chi connectivity index (χ3n) is 7.34. The SMILES string of the molecule is CCCOc1ccc(C2=C(N3CCc4ccccc4C3)C(=O)N(C3CCCCCC3)C2=O)cc1. The monoisotopic (exact) mass is 458 g/mol. The van der Waals surface area contributed by atoms with Gasteiger partial charge < -0.3 is 9.64 Å². The van der Waals surface area contributed by atoms with Gasteiger partial charge in [0.2, 0.25) is 0 Å². The summed E-state index contributed by atoms with van der Waals surface area (Å²) >= 11 is 0. The second kappa shape index (κ2) is 10.0. The van der Waals surface area contributed by atoms with Gasteiger partial charge in [-0.3, -0.25) is 14.5 Å². The van der Waals surface area contributed by atoms with Gasteiger partial charge in [-0.1, -0.05) is 69.0 Å². The lowest BCUT2D eigenvalue weighted by atomic mass is 9.98. The van der Waals surface area contributed by atoms with Crippen LogP contribution in [-0.2, 0) is 22.6 Å². The molecule has 0 bridgehead atoms. The lowest BCUT2D eigenvalue weighted by Crippen LogP contribution is -2.43. The van der Waals surface area contributed by atoms with E-state index in [-0.39, 0.29) is 17.9 Å². The molecule has 2 heterocycles. The second-order valence-corrected chi connectivity index (χ2v) is 9.66. The van der Waals surface area contributed by atoms with Crippen LogP contribution in [0.3, 0.4) is 0 Å². The fraction of sp³-hybridized carbons (Fsp3) is 0.448. The van der Waals surface area contributed by atoms with Gasteiger partial charge >= 0.3 is 0 Å². The lowest BCUT2D eigenvalue weighted by molar-refractivity contribution is -0.140. The van der Waals surface area contributed by atoms with Crippen molar-refractivity contribution in [3.8, 4) is 5.75 Å². The highest BCUT2D eigenvalue weighted by molar-refractivity contribution is 6.35. The first-order valence-corrected chi connectivity index (χ1v) is 12.8. The third-order valence-corrected chi connectivity index (χ3v) is 7.34. The summed E-state index contributed by atoms with van der Waals surface area (Å²) in [6.07, 6.45) is 8.15. The maximum Gasteiger partial charge on any atom is 0.278 e. The molecule has 1 saturated carbocycles. The van der Waals surface area contributed by atoms with Crippen molar-refractivity contribution in [1.82, 2.24) is 9.80 Å². The largest absolute Gasteiger partial charge is 0.494 e. The fourth-order valence-electron chi connectivity index (χ4n) is 5.56. The van der Waals surface area contributed by atoms with Crippen molar-refractivity contribution in [1.29, 1.82) is 0 Å². The van der Waals surface area contributed by atoms with Crippen molar-refractivity contribution in [2.75, 3.05) is 13.2 Å². The summed E-state index contributed by atoms with van der Waals surface area (Å²) in [6, 6.07) is 16.1. The van der Waals surface area contributed by atoms with Crippen molar-refractivity contribution in [2.45, 2.75) is 70.9 Å². The number of carbonyl (C=O) groups is 2. The standard InChI is InChI=1S/C29H34N2O3/c1-2-19-34-25-15-13-22(14-16-25)26-27(30-18-17-21-9-7-8-10-23(21)20-30)29(33)31(28(26)32)24-11-5-3-4-6-12-24/h7-10,13-16,24H,2-6,11-12,17-20H2,1H3. The summed E-state index contributed by atoms with van der Waals surface area (Å²) in [5.41, 5.74) is 4.49. The number of amides is 2. The van der Waals surface area contributed by atoms with E-state index in [9.17, 15) is 9.59 Å². The summed E-state index contributed by atoms with van der Waals surface area (Å²) in [6.45, 7) is 4.13. The molecule has 5 nitrogen and oxygen atoms in total. The molecule has 5 rings (SSSR count). The number of nitrogens with zero attached hydrogens (tertiary/aromatic N) is 2. The summed E-state index contributed by atoms with van der Waals surface area (Å²) < 4.78 is 5.74. The molecular formula is C29H34N2O3. The minimum absolute atomic E-state index is 0.000706. The Labute approximate surface area is 202 Å². The van der Waals surface area contributed by atoms with E-state index in [0.29, 0.717) is 24.4 Å². The van der Waals surface area contributed by atoms with Crippen molar-refractivity contribution >= 4 is 17.4 Å². The summed E-state index contributed by atoms with van der Waals surface area (Å²) in [5.74, 6) is 0.544. The smallest absolute Gasteiger partial charge is 0.278 e. The molecule has 0 spiro atoms. The highest BCUT2D eigenvalue weighted by atomic mass is 16.5.